The summed E-state index contributed by atoms with van der Waals surface area (Å²) in [5.74, 6) is 0. The molecular formula is C45H37IrN3S-2. The number of fused-ring (bicyclic) bond motifs is 3. The van der Waals surface area contributed by atoms with Crippen molar-refractivity contribution in [1.29, 1.82) is 0 Å². The van der Waals surface area contributed by atoms with Gasteiger partial charge in [0.15, 0.2) is 0 Å². The van der Waals surface area contributed by atoms with Crippen LogP contribution >= 0.6 is 11.3 Å². The monoisotopic (exact) mass is 862 g/mol. The van der Waals surface area contributed by atoms with Gasteiger partial charge in [-0.05, 0) is 85.1 Å². The van der Waals surface area contributed by atoms with Crippen molar-refractivity contribution in [3.05, 3.63) is 161 Å². The number of hydrogen-bond donors (Lipinski definition) is 0. The molecule has 0 aliphatic rings. The quantitative estimate of drug-likeness (QED) is 0.166. The van der Waals surface area contributed by atoms with Crippen LogP contribution in [0.4, 0.5) is 0 Å². The summed E-state index contributed by atoms with van der Waals surface area (Å²) in [6.07, 6.45) is 2.35. The van der Waals surface area contributed by atoms with Crippen molar-refractivity contribution >= 4 is 32.3 Å². The van der Waals surface area contributed by atoms with Crippen molar-refractivity contribution in [3.8, 4) is 44.2 Å². The molecule has 5 aromatic carbocycles. The van der Waals surface area contributed by atoms with Crippen molar-refractivity contribution in [2.45, 2.75) is 41.1 Å². The smallest absolute Gasteiger partial charge is 0.124 e. The summed E-state index contributed by atoms with van der Waals surface area (Å²) < 4.78 is 142. The maximum Gasteiger partial charge on any atom is 0.124 e. The van der Waals surface area contributed by atoms with Crippen LogP contribution in [-0.2, 0) is 20.1 Å². The predicted molar refractivity (Wildman–Crippen MR) is 207 cm³/mol. The standard InChI is InChI=1S/C32H25N2S.C13H12N.Ir/c1-19-17-28(33-18-22(19)4)26-12-8-11-24-13-14-27-31(30(24)26)35-32(34-27)29-20(2)15-25(16-21(29)3)23-9-6-5-7-10-23;1-10-3-6-12(7-4-10)13-8-5-11(2)9-14-13;/h5-11,13-18H,1-4H3;3-6,8-9H,1-2H3;/q2*-1;/i1D3,2D3,3D3,4D3;1D3,2D3;. The molecule has 8 rings (SSSR count). The topological polar surface area (TPSA) is 38.7 Å². The number of pyridine rings is 2. The minimum atomic E-state index is -2.73. The Morgan fingerprint density at radius 1 is 0.640 bits per heavy atom. The van der Waals surface area contributed by atoms with Crippen molar-refractivity contribution < 1.29 is 44.8 Å². The van der Waals surface area contributed by atoms with Gasteiger partial charge in [-0.15, -0.1) is 70.5 Å². The molecule has 3 heterocycles. The van der Waals surface area contributed by atoms with E-state index < -0.39 is 41.1 Å². The number of hydrogen-bond acceptors (Lipinski definition) is 4. The van der Waals surface area contributed by atoms with E-state index >= 15 is 0 Å². The third-order valence-electron chi connectivity index (χ3n) is 7.80. The van der Waals surface area contributed by atoms with Crippen molar-refractivity contribution in [2.24, 2.45) is 0 Å². The molecule has 0 fully saturated rings. The fourth-order valence-corrected chi connectivity index (χ4v) is 6.60. The summed E-state index contributed by atoms with van der Waals surface area (Å²) >= 11 is 1.11. The second-order valence-electron chi connectivity index (χ2n) is 11.1. The van der Waals surface area contributed by atoms with Crippen molar-refractivity contribution in [3.63, 3.8) is 0 Å². The molecule has 249 valence electrons. The van der Waals surface area contributed by atoms with E-state index in [-0.39, 0.29) is 69.8 Å². The molecule has 8 aromatic rings. The van der Waals surface area contributed by atoms with E-state index in [2.05, 4.69) is 22.1 Å². The molecule has 3 nitrogen and oxygen atoms in total. The molecule has 0 bridgehead atoms. The first-order valence-electron chi connectivity index (χ1n) is 24.0. The normalized spacial score (nSPS) is 17.7. The molecule has 0 aliphatic carbocycles. The summed E-state index contributed by atoms with van der Waals surface area (Å²) in [7, 11) is 0. The summed E-state index contributed by atoms with van der Waals surface area (Å²) in [6, 6.07) is 33.7. The fourth-order valence-electron chi connectivity index (χ4n) is 5.40. The third kappa shape index (κ3) is 7.22. The third-order valence-corrected chi connectivity index (χ3v) is 8.91. The van der Waals surface area contributed by atoms with Crippen LogP contribution in [0.15, 0.2) is 116 Å². The Balaban J connectivity index is 0.000000304. The molecule has 0 atom stereocenters. The zero-order valence-electron chi connectivity index (χ0n) is 44.1. The van der Waals surface area contributed by atoms with Crippen LogP contribution in [0.25, 0.3) is 65.2 Å². The number of aromatic nitrogens is 3. The van der Waals surface area contributed by atoms with Crippen LogP contribution in [0.3, 0.4) is 0 Å². The molecule has 50 heavy (non-hydrogen) atoms. The Hall–Kier alpha value is -4.80. The van der Waals surface area contributed by atoms with E-state index in [1.54, 1.807) is 60.7 Å². The Morgan fingerprint density at radius 2 is 1.42 bits per heavy atom. The van der Waals surface area contributed by atoms with Crippen molar-refractivity contribution in [1.82, 2.24) is 15.0 Å². The maximum absolute atomic E-state index is 8.39. The van der Waals surface area contributed by atoms with Gasteiger partial charge in [0.2, 0.25) is 0 Å². The van der Waals surface area contributed by atoms with E-state index in [9.17, 15) is 0 Å². The first kappa shape index (κ1) is 19.0. The van der Waals surface area contributed by atoms with Gasteiger partial charge in [-0.2, -0.15) is 0 Å². The Bertz CT molecular complexity index is 2990. The molecule has 0 saturated carbocycles. The maximum atomic E-state index is 8.39. The number of rotatable bonds is 4. The van der Waals surface area contributed by atoms with E-state index in [1.807, 2.05) is 6.07 Å². The van der Waals surface area contributed by atoms with Gasteiger partial charge >= 0.3 is 0 Å². The van der Waals surface area contributed by atoms with Crippen LogP contribution in [-0.4, -0.2) is 15.0 Å². The van der Waals surface area contributed by atoms with E-state index in [4.69, 9.17) is 29.7 Å². The van der Waals surface area contributed by atoms with Gasteiger partial charge in [0.1, 0.15) is 5.01 Å². The summed E-state index contributed by atoms with van der Waals surface area (Å²) in [6.45, 7) is -15.1. The molecule has 0 amide bonds. The molecule has 0 N–H and O–H groups in total. The van der Waals surface area contributed by atoms with Gasteiger partial charge in [0, 0.05) is 67.4 Å². The first-order chi connectivity index (χ1) is 31.0. The zero-order chi connectivity index (χ0) is 49.1. The molecule has 3 aromatic heterocycles. The summed E-state index contributed by atoms with van der Waals surface area (Å²) in [5.41, 5.74) is 2.66. The van der Waals surface area contributed by atoms with Gasteiger partial charge in [-0.3, -0.25) is 0 Å². The number of benzene rings is 5. The molecule has 0 spiro atoms. The number of thiazole rings is 1. The summed E-state index contributed by atoms with van der Waals surface area (Å²) in [5, 5.41) is 1.48. The minimum absolute atomic E-state index is 0. The van der Waals surface area contributed by atoms with Crippen LogP contribution in [0.5, 0.6) is 0 Å². The number of nitrogens with zero attached hydrogens (tertiary/aromatic N) is 3. The van der Waals surface area contributed by atoms with Gasteiger partial charge < -0.3 is 9.97 Å². The van der Waals surface area contributed by atoms with Crippen LogP contribution in [0, 0.1) is 53.2 Å². The molecule has 5 heteroatoms. The zero-order valence-corrected chi connectivity index (χ0v) is 29.3. The second-order valence-corrected chi connectivity index (χ2v) is 12.1. The Kier molecular flexibility index (Phi) is 5.69. The minimum Gasteiger partial charge on any atom is -0.304 e. The van der Waals surface area contributed by atoms with Gasteiger partial charge in [0.05, 0.1) is 5.52 Å². The number of aryl methyl sites for hydroxylation is 6. The molecule has 0 unspecified atom stereocenters. The van der Waals surface area contributed by atoms with Crippen LogP contribution in [0.2, 0.25) is 0 Å². The van der Waals surface area contributed by atoms with E-state index in [0.29, 0.717) is 48.9 Å². The average Bonchev–Trinajstić information content (AvgIpc) is 3.69. The molecular weight excluding hydrogens is 807 g/mol. The van der Waals surface area contributed by atoms with Crippen LogP contribution < -0.4 is 0 Å². The van der Waals surface area contributed by atoms with Gasteiger partial charge in [-0.1, -0.05) is 89.9 Å². The molecule has 0 saturated heterocycles. The SMILES string of the molecule is [2H]C([2H])([2H])c1c[c-]c(-c2ccc(C([2H])([2H])[2H])cn2)cc1.[2H]C([2H])([2H])c1cnc(-c2[c-]ccc3ccc4nc(-c5c(C([2H])([2H])[2H])cc(-c6ccccc6)cc5C([2H])([2H])[2H])sc4c23)cc1C([2H])([2H])[2H].[Ir]. The summed E-state index contributed by atoms with van der Waals surface area (Å²) in [4.78, 5) is 13.2. The van der Waals surface area contributed by atoms with Gasteiger partial charge in [-0.25, -0.2) is 4.98 Å². The molecule has 0 aliphatic heterocycles. The van der Waals surface area contributed by atoms with Gasteiger partial charge in [0.25, 0.3) is 0 Å². The first-order valence-corrected chi connectivity index (χ1v) is 15.8. The fraction of sp³-hybridized carbons (Fsp3) is 0.133. The Morgan fingerprint density at radius 3 is 2.12 bits per heavy atom. The largest absolute Gasteiger partial charge is 0.304 e. The van der Waals surface area contributed by atoms with Crippen LogP contribution in [0.1, 0.15) is 58.1 Å². The average molecular weight is 862 g/mol. The predicted octanol–water partition coefficient (Wildman–Crippen LogP) is 12.0. The van der Waals surface area contributed by atoms with Crippen molar-refractivity contribution in [2.75, 3.05) is 0 Å². The second kappa shape index (κ2) is 15.0. The molecule has 1 radical (unpaired) electrons. The van der Waals surface area contributed by atoms with E-state index in [0.717, 1.165) is 17.5 Å². The Labute approximate surface area is 337 Å². The van der Waals surface area contributed by atoms with E-state index in [1.165, 1.54) is 42.6 Å².